The fourth-order valence-corrected chi connectivity index (χ4v) is 0.478. The van der Waals surface area contributed by atoms with Gasteiger partial charge in [-0.3, -0.25) is 9.59 Å². The molecule has 0 aromatic carbocycles. The lowest BCUT2D eigenvalue weighted by Gasteiger charge is -1.94. The van der Waals surface area contributed by atoms with Crippen molar-refractivity contribution in [3.05, 3.63) is 0 Å². The third-order valence-electron chi connectivity index (χ3n) is 0.737. The molecule has 0 aliphatic heterocycles. The van der Waals surface area contributed by atoms with Gasteiger partial charge < -0.3 is 8.37 Å². The van der Waals surface area contributed by atoms with E-state index in [1.54, 1.807) is 0 Å². The second-order valence-corrected chi connectivity index (χ2v) is 1.79. The van der Waals surface area contributed by atoms with Crippen LogP contribution in [0.25, 0.3) is 0 Å². The van der Waals surface area contributed by atoms with E-state index in [9.17, 15) is 9.59 Å². The fourth-order valence-electron chi connectivity index (χ4n) is 0.295. The molecule has 58 valence electrons. The minimum absolute atomic E-state index is 0.0388. The molecule has 0 unspecified atom stereocenters. The van der Waals surface area contributed by atoms with Crippen molar-refractivity contribution in [1.29, 1.82) is 0 Å². The maximum Gasteiger partial charge on any atom is 0.318 e. The first-order valence-corrected chi connectivity index (χ1v) is 3.12. The molecule has 0 aliphatic carbocycles. The molecule has 0 spiro atoms. The van der Waals surface area contributed by atoms with Crippen molar-refractivity contribution in [3.63, 3.8) is 0 Å². The minimum Gasteiger partial charge on any atom is -0.395 e. The SMILES string of the molecule is O=C(CCC(=O)OS)OS. The van der Waals surface area contributed by atoms with Crippen LogP contribution in [0.4, 0.5) is 0 Å². The summed E-state index contributed by atoms with van der Waals surface area (Å²) in [4.78, 5) is 20.6. The highest BCUT2D eigenvalue weighted by Crippen LogP contribution is 1.97. The zero-order valence-corrected chi connectivity index (χ0v) is 6.73. The van der Waals surface area contributed by atoms with E-state index in [0.29, 0.717) is 0 Å². The van der Waals surface area contributed by atoms with Gasteiger partial charge in [-0.05, 0) is 0 Å². The lowest BCUT2D eigenvalue weighted by atomic mass is 10.3. The third kappa shape index (κ3) is 4.51. The van der Waals surface area contributed by atoms with E-state index in [4.69, 9.17) is 0 Å². The smallest absolute Gasteiger partial charge is 0.318 e. The average molecular weight is 182 g/mol. The van der Waals surface area contributed by atoms with Crippen LogP contribution in [0.1, 0.15) is 12.8 Å². The Hall–Kier alpha value is -0.360. The fraction of sp³-hybridized carbons (Fsp3) is 0.500. The summed E-state index contributed by atoms with van der Waals surface area (Å²) in [6.07, 6.45) is -0.0776. The van der Waals surface area contributed by atoms with Crippen molar-refractivity contribution in [3.8, 4) is 0 Å². The summed E-state index contributed by atoms with van der Waals surface area (Å²) in [5.41, 5.74) is 0. The van der Waals surface area contributed by atoms with Crippen LogP contribution >= 0.6 is 25.8 Å². The van der Waals surface area contributed by atoms with Crippen LogP contribution in [0.15, 0.2) is 0 Å². The summed E-state index contributed by atoms with van der Waals surface area (Å²) < 4.78 is 7.94. The van der Waals surface area contributed by atoms with E-state index in [1.165, 1.54) is 0 Å². The molecule has 0 atom stereocenters. The molecule has 0 saturated carbocycles. The quantitative estimate of drug-likeness (QED) is 0.494. The Balaban J connectivity index is 3.35. The van der Waals surface area contributed by atoms with Crippen molar-refractivity contribution in [2.24, 2.45) is 0 Å². The van der Waals surface area contributed by atoms with Gasteiger partial charge in [-0.25, -0.2) is 0 Å². The number of carbonyl (C=O) groups excluding carboxylic acids is 2. The first kappa shape index (κ1) is 9.64. The van der Waals surface area contributed by atoms with Gasteiger partial charge in [0.05, 0.1) is 12.8 Å². The number of hydrogen-bond donors (Lipinski definition) is 2. The van der Waals surface area contributed by atoms with Crippen molar-refractivity contribution in [1.82, 2.24) is 0 Å². The molecule has 0 radical (unpaired) electrons. The van der Waals surface area contributed by atoms with Crippen molar-refractivity contribution >= 4 is 37.8 Å². The molecule has 4 nitrogen and oxygen atoms in total. The predicted octanol–water partition coefficient (Wildman–Crippen LogP) is 0.543. The Kier molecular flexibility index (Phi) is 5.23. The van der Waals surface area contributed by atoms with E-state index >= 15 is 0 Å². The van der Waals surface area contributed by atoms with Crippen LogP contribution in [0.2, 0.25) is 0 Å². The van der Waals surface area contributed by atoms with Crippen LogP contribution < -0.4 is 0 Å². The Morgan fingerprint density at radius 2 is 1.30 bits per heavy atom. The topological polar surface area (TPSA) is 52.6 Å². The summed E-state index contributed by atoms with van der Waals surface area (Å²) in [6, 6.07) is 0. The minimum atomic E-state index is -0.568. The molecule has 0 N–H and O–H groups in total. The molecule has 6 heteroatoms. The van der Waals surface area contributed by atoms with Gasteiger partial charge in [0, 0.05) is 25.8 Å². The number of thiol groups is 2. The van der Waals surface area contributed by atoms with Gasteiger partial charge in [-0.1, -0.05) is 0 Å². The number of hydrogen-bond acceptors (Lipinski definition) is 6. The van der Waals surface area contributed by atoms with E-state index in [2.05, 4.69) is 34.2 Å². The molecule has 0 saturated heterocycles. The first-order chi connectivity index (χ1) is 4.70. The van der Waals surface area contributed by atoms with E-state index in [-0.39, 0.29) is 12.8 Å². The van der Waals surface area contributed by atoms with Crippen LogP contribution in [0.5, 0.6) is 0 Å². The molecular weight excluding hydrogens is 176 g/mol. The van der Waals surface area contributed by atoms with Crippen LogP contribution in [0.3, 0.4) is 0 Å². The highest BCUT2D eigenvalue weighted by Gasteiger charge is 2.06. The highest BCUT2D eigenvalue weighted by atomic mass is 32.1. The van der Waals surface area contributed by atoms with Gasteiger partial charge in [-0.15, -0.1) is 0 Å². The largest absolute Gasteiger partial charge is 0.395 e. The average Bonchev–Trinajstić information content (AvgIpc) is 1.99. The zero-order chi connectivity index (χ0) is 7.98. The normalized spacial score (nSPS) is 8.60. The second kappa shape index (κ2) is 5.43. The van der Waals surface area contributed by atoms with Gasteiger partial charge in [0.1, 0.15) is 0 Å². The lowest BCUT2D eigenvalue weighted by molar-refractivity contribution is -0.139. The Labute approximate surface area is 69.1 Å². The van der Waals surface area contributed by atoms with Crippen LogP contribution in [-0.4, -0.2) is 11.9 Å². The summed E-state index contributed by atoms with van der Waals surface area (Å²) in [5.74, 6) is -1.14. The Morgan fingerprint density at radius 3 is 1.50 bits per heavy atom. The summed E-state index contributed by atoms with van der Waals surface area (Å²) in [7, 11) is 0. The second-order valence-electron chi connectivity index (χ2n) is 1.43. The monoisotopic (exact) mass is 182 g/mol. The van der Waals surface area contributed by atoms with Crippen molar-refractivity contribution < 1.29 is 18.0 Å². The van der Waals surface area contributed by atoms with Gasteiger partial charge >= 0.3 is 11.9 Å². The molecule has 0 aliphatic rings. The van der Waals surface area contributed by atoms with E-state index < -0.39 is 11.9 Å². The van der Waals surface area contributed by atoms with Crippen molar-refractivity contribution in [2.45, 2.75) is 12.8 Å². The molecule has 0 heterocycles. The molecule has 0 aromatic rings. The summed E-state index contributed by atoms with van der Waals surface area (Å²) >= 11 is 6.45. The highest BCUT2D eigenvalue weighted by molar-refractivity contribution is 7.75. The van der Waals surface area contributed by atoms with E-state index in [1.807, 2.05) is 0 Å². The molecule has 0 fully saturated rings. The number of carbonyl (C=O) groups is 2. The third-order valence-corrected chi connectivity index (χ3v) is 1.14. The van der Waals surface area contributed by atoms with Crippen molar-refractivity contribution in [2.75, 3.05) is 0 Å². The molecule has 0 rings (SSSR count). The maximum absolute atomic E-state index is 10.3. The molecule has 0 aromatic heterocycles. The zero-order valence-electron chi connectivity index (χ0n) is 4.94. The van der Waals surface area contributed by atoms with E-state index in [0.717, 1.165) is 0 Å². The molecular formula is C4H6O4S2. The van der Waals surface area contributed by atoms with Gasteiger partial charge in [0.15, 0.2) is 0 Å². The molecule has 0 amide bonds. The number of rotatable bonds is 3. The summed E-state index contributed by atoms with van der Waals surface area (Å²) in [5, 5.41) is 0. The van der Waals surface area contributed by atoms with Crippen LogP contribution in [-0.2, 0) is 18.0 Å². The lowest BCUT2D eigenvalue weighted by Crippen LogP contribution is -2.03. The van der Waals surface area contributed by atoms with Crippen LogP contribution in [0, 0.1) is 0 Å². The Bertz CT molecular complexity index is 119. The molecule has 10 heavy (non-hydrogen) atoms. The maximum atomic E-state index is 10.3. The Morgan fingerprint density at radius 1 is 1.00 bits per heavy atom. The predicted molar refractivity (Wildman–Crippen MR) is 39.4 cm³/mol. The molecule has 0 bridgehead atoms. The van der Waals surface area contributed by atoms with Gasteiger partial charge in [0.2, 0.25) is 0 Å². The summed E-state index contributed by atoms with van der Waals surface area (Å²) in [6.45, 7) is 0. The first-order valence-electron chi connectivity index (χ1n) is 2.39. The standard InChI is InChI=1S/C4H6O4S2/c5-3(7-9)1-2-4(6)8-10/h9-10H,1-2H2. The van der Waals surface area contributed by atoms with Gasteiger partial charge in [0.25, 0.3) is 0 Å². The van der Waals surface area contributed by atoms with Gasteiger partial charge in [-0.2, -0.15) is 0 Å².